The van der Waals surface area contributed by atoms with E-state index in [1.165, 1.54) is 7.11 Å². The molecule has 8 heteroatoms. The molecular formula is C15H23N5O3. The Kier molecular flexibility index (Phi) is 4.92. The molecule has 2 N–H and O–H groups in total. The molecule has 3 rings (SSSR count). The summed E-state index contributed by atoms with van der Waals surface area (Å²) >= 11 is 0. The lowest BCUT2D eigenvalue weighted by atomic mass is 10.0. The quantitative estimate of drug-likeness (QED) is 0.769. The van der Waals surface area contributed by atoms with Crippen molar-refractivity contribution in [1.82, 2.24) is 25.1 Å². The van der Waals surface area contributed by atoms with Gasteiger partial charge in [-0.15, -0.1) is 0 Å². The van der Waals surface area contributed by atoms with E-state index < -0.39 is 0 Å². The van der Waals surface area contributed by atoms with Gasteiger partial charge in [0.1, 0.15) is 12.6 Å². The van der Waals surface area contributed by atoms with Crippen LogP contribution >= 0.6 is 0 Å². The Balaban J connectivity index is 1.64. The summed E-state index contributed by atoms with van der Waals surface area (Å²) in [5, 5.41) is 3.26. The number of amides is 2. The maximum absolute atomic E-state index is 12.9. The Morgan fingerprint density at radius 2 is 2.09 bits per heavy atom. The van der Waals surface area contributed by atoms with E-state index in [1.54, 1.807) is 11.2 Å². The van der Waals surface area contributed by atoms with Gasteiger partial charge in [0.25, 0.3) is 0 Å². The van der Waals surface area contributed by atoms with E-state index in [9.17, 15) is 9.59 Å². The van der Waals surface area contributed by atoms with Crippen molar-refractivity contribution in [2.45, 2.75) is 18.9 Å². The maximum atomic E-state index is 12.9. The number of nitrogens with zero attached hydrogens (tertiary/aromatic N) is 3. The number of carbonyl (C=O) groups excluding carboxylic acids is 2. The Labute approximate surface area is 135 Å². The number of aromatic nitrogens is 2. The molecule has 126 valence electrons. The molecule has 0 radical (unpaired) electrons. The molecule has 1 fully saturated rings. The number of rotatable bonds is 3. The van der Waals surface area contributed by atoms with E-state index >= 15 is 0 Å². The second kappa shape index (κ2) is 7.10. The SMILES string of the molecule is COCC(=O)N1CCCN(C(=O)C2NCCc3[nH]cnc32)CC1. The van der Waals surface area contributed by atoms with Gasteiger partial charge in [-0.1, -0.05) is 0 Å². The van der Waals surface area contributed by atoms with E-state index in [0.29, 0.717) is 26.2 Å². The summed E-state index contributed by atoms with van der Waals surface area (Å²) in [6, 6.07) is -0.383. The second-order valence-corrected chi connectivity index (χ2v) is 5.90. The summed E-state index contributed by atoms with van der Waals surface area (Å²) in [5.41, 5.74) is 1.84. The van der Waals surface area contributed by atoms with Crippen molar-refractivity contribution in [3.63, 3.8) is 0 Å². The van der Waals surface area contributed by atoms with Crippen molar-refractivity contribution in [2.24, 2.45) is 0 Å². The molecule has 0 aliphatic carbocycles. The number of H-pyrrole nitrogens is 1. The number of carbonyl (C=O) groups is 2. The fraction of sp³-hybridized carbons (Fsp3) is 0.667. The van der Waals surface area contributed by atoms with Gasteiger partial charge in [-0.05, 0) is 6.42 Å². The predicted molar refractivity (Wildman–Crippen MR) is 82.7 cm³/mol. The fourth-order valence-corrected chi connectivity index (χ4v) is 3.21. The molecule has 1 aromatic rings. The molecule has 0 bridgehead atoms. The highest BCUT2D eigenvalue weighted by molar-refractivity contribution is 5.83. The van der Waals surface area contributed by atoms with Gasteiger partial charge in [0, 0.05) is 51.9 Å². The third-order valence-corrected chi connectivity index (χ3v) is 4.42. The van der Waals surface area contributed by atoms with Crippen molar-refractivity contribution in [1.29, 1.82) is 0 Å². The predicted octanol–water partition coefficient (Wildman–Crippen LogP) is -0.696. The van der Waals surface area contributed by atoms with Gasteiger partial charge in [-0.2, -0.15) is 0 Å². The molecule has 0 spiro atoms. The number of methoxy groups -OCH3 is 1. The lowest BCUT2D eigenvalue weighted by Gasteiger charge is -2.28. The van der Waals surface area contributed by atoms with Crippen LogP contribution in [0, 0.1) is 0 Å². The number of hydrogen-bond acceptors (Lipinski definition) is 5. The summed E-state index contributed by atoms with van der Waals surface area (Å²) in [4.78, 5) is 35.8. The first-order chi connectivity index (χ1) is 11.2. The van der Waals surface area contributed by atoms with E-state index in [1.807, 2.05) is 4.90 Å². The minimum atomic E-state index is -0.383. The molecular weight excluding hydrogens is 298 g/mol. The van der Waals surface area contributed by atoms with E-state index in [-0.39, 0.29) is 24.5 Å². The highest BCUT2D eigenvalue weighted by Crippen LogP contribution is 2.22. The third kappa shape index (κ3) is 3.37. The van der Waals surface area contributed by atoms with Gasteiger partial charge in [0.05, 0.1) is 12.0 Å². The number of aromatic amines is 1. The lowest BCUT2D eigenvalue weighted by molar-refractivity contribution is -0.136. The molecule has 2 aliphatic rings. The van der Waals surface area contributed by atoms with Gasteiger partial charge in [-0.3, -0.25) is 9.59 Å². The standard InChI is InChI=1S/C15H23N5O3/c1-23-9-12(21)19-5-2-6-20(8-7-19)15(22)14-13-11(3-4-16-14)17-10-18-13/h10,14,16H,2-9H2,1H3,(H,17,18). The monoisotopic (exact) mass is 321 g/mol. The summed E-state index contributed by atoms with van der Waals surface area (Å²) in [6.45, 7) is 3.28. The van der Waals surface area contributed by atoms with E-state index in [4.69, 9.17) is 4.74 Å². The zero-order valence-corrected chi connectivity index (χ0v) is 13.4. The average molecular weight is 321 g/mol. The molecule has 23 heavy (non-hydrogen) atoms. The number of hydrogen-bond donors (Lipinski definition) is 2. The topological polar surface area (TPSA) is 90.6 Å². The molecule has 1 saturated heterocycles. The van der Waals surface area contributed by atoms with Crippen LogP contribution in [-0.2, 0) is 20.7 Å². The summed E-state index contributed by atoms with van der Waals surface area (Å²) in [7, 11) is 1.52. The first-order valence-corrected chi connectivity index (χ1v) is 8.01. The van der Waals surface area contributed by atoms with Crippen LogP contribution in [0.2, 0.25) is 0 Å². The fourth-order valence-electron chi connectivity index (χ4n) is 3.21. The van der Waals surface area contributed by atoms with E-state index in [2.05, 4.69) is 15.3 Å². The highest BCUT2D eigenvalue weighted by atomic mass is 16.5. The summed E-state index contributed by atoms with van der Waals surface area (Å²) in [5.74, 6) is 0.0197. The average Bonchev–Trinajstić information content (AvgIpc) is 2.90. The zero-order chi connectivity index (χ0) is 16.2. The van der Waals surface area contributed by atoms with Crippen LogP contribution in [-0.4, -0.2) is 78.0 Å². The van der Waals surface area contributed by atoms with Crippen molar-refractivity contribution in [3.8, 4) is 0 Å². The van der Waals surface area contributed by atoms with Crippen molar-refractivity contribution < 1.29 is 14.3 Å². The molecule has 1 atom stereocenters. The summed E-state index contributed by atoms with van der Waals surface area (Å²) < 4.78 is 4.90. The minimum Gasteiger partial charge on any atom is -0.375 e. The van der Waals surface area contributed by atoms with Crippen molar-refractivity contribution >= 4 is 11.8 Å². The molecule has 2 amide bonds. The van der Waals surface area contributed by atoms with Crippen molar-refractivity contribution in [2.75, 3.05) is 46.4 Å². The molecule has 0 aromatic carbocycles. The molecule has 1 unspecified atom stereocenters. The van der Waals surface area contributed by atoms with Crippen LogP contribution in [0.1, 0.15) is 23.9 Å². The van der Waals surface area contributed by atoms with Gasteiger partial charge in [0.2, 0.25) is 11.8 Å². The second-order valence-electron chi connectivity index (χ2n) is 5.90. The largest absolute Gasteiger partial charge is 0.375 e. The smallest absolute Gasteiger partial charge is 0.248 e. The molecule has 0 saturated carbocycles. The van der Waals surface area contributed by atoms with Crippen LogP contribution in [0.15, 0.2) is 6.33 Å². The number of fused-ring (bicyclic) bond motifs is 1. The first-order valence-electron chi connectivity index (χ1n) is 8.01. The van der Waals surface area contributed by atoms with E-state index in [0.717, 1.165) is 30.8 Å². The van der Waals surface area contributed by atoms with Crippen molar-refractivity contribution in [3.05, 3.63) is 17.7 Å². The Morgan fingerprint density at radius 3 is 2.91 bits per heavy atom. The molecule has 1 aromatic heterocycles. The van der Waals surface area contributed by atoms with Crippen LogP contribution < -0.4 is 5.32 Å². The molecule has 2 aliphatic heterocycles. The number of nitrogens with one attached hydrogen (secondary N) is 2. The molecule has 8 nitrogen and oxygen atoms in total. The van der Waals surface area contributed by atoms with Gasteiger partial charge >= 0.3 is 0 Å². The highest BCUT2D eigenvalue weighted by Gasteiger charge is 2.32. The van der Waals surface area contributed by atoms with Crippen LogP contribution in [0.5, 0.6) is 0 Å². The number of imidazole rings is 1. The Morgan fingerprint density at radius 1 is 1.30 bits per heavy atom. The van der Waals surface area contributed by atoms with Crippen LogP contribution in [0.25, 0.3) is 0 Å². The van der Waals surface area contributed by atoms with Gasteiger partial charge in [0.15, 0.2) is 0 Å². The Hall–Kier alpha value is -1.93. The van der Waals surface area contributed by atoms with Crippen LogP contribution in [0.4, 0.5) is 0 Å². The molecule has 3 heterocycles. The third-order valence-electron chi connectivity index (χ3n) is 4.42. The lowest BCUT2D eigenvalue weighted by Crippen LogP contribution is -2.45. The Bertz CT molecular complexity index is 573. The van der Waals surface area contributed by atoms with Crippen LogP contribution in [0.3, 0.4) is 0 Å². The zero-order valence-electron chi connectivity index (χ0n) is 13.4. The minimum absolute atomic E-state index is 0.0211. The summed E-state index contributed by atoms with van der Waals surface area (Å²) in [6.07, 6.45) is 3.28. The van der Waals surface area contributed by atoms with Gasteiger partial charge in [-0.25, -0.2) is 4.98 Å². The first kappa shape index (κ1) is 15.9. The number of ether oxygens (including phenoxy) is 1. The normalized spacial score (nSPS) is 21.7. The maximum Gasteiger partial charge on any atom is 0.248 e. The van der Waals surface area contributed by atoms with Gasteiger partial charge < -0.3 is 24.8 Å².